The van der Waals surface area contributed by atoms with Crippen molar-refractivity contribution in [3.8, 4) is 0 Å². The number of carbonyl (C=O) groups is 2. The highest BCUT2D eigenvalue weighted by atomic mass is 79.9. The Hall–Kier alpha value is -2.86. The molecule has 0 aliphatic rings. The first-order chi connectivity index (χ1) is 12.5. The van der Waals surface area contributed by atoms with Crippen LogP contribution in [0.4, 0.5) is 5.69 Å². The highest BCUT2D eigenvalue weighted by Crippen LogP contribution is 2.21. The second kappa shape index (κ2) is 8.01. The largest absolute Gasteiger partial charge is 0.457 e. The summed E-state index contributed by atoms with van der Waals surface area (Å²) in [6.45, 7) is -0.0510. The zero-order chi connectivity index (χ0) is 18.5. The van der Waals surface area contributed by atoms with Gasteiger partial charge in [-0.1, -0.05) is 30.3 Å². The standard InChI is InChI=1S/C20H17BrN2O3/c1-23(13-19(24)22-17-8-4-3-7-16(17)21)20(25)11-10-15-12-14-6-2-5-9-18(14)26-15/h2-12H,13H2,1H3,(H,22,24)/b11-10+. The Morgan fingerprint density at radius 2 is 1.88 bits per heavy atom. The second-order valence-electron chi connectivity index (χ2n) is 5.74. The van der Waals surface area contributed by atoms with Crippen LogP contribution >= 0.6 is 15.9 Å². The van der Waals surface area contributed by atoms with Crippen LogP contribution in [0.5, 0.6) is 0 Å². The molecule has 26 heavy (non-hydrogen) atoms. The number of likely N-dealkylation sites (N-methyl/N-ethyl adjacent to an activating group) is 1. The first-order valence-electron chi connectivity index (χ1n) is 7.99. The van der Waals surface area contributed by atoms with Crippen LogP contribution in [-0.4, -0.2) is 30.3 Å². The number of hydrogen-bond acceptors (Lipinski definition) is 3. The van der Waals surface area contributed by atoms with Gasteiger partial charge in [0.1, 0.15) is 11.3 Å². The van der Waals surface area contributed by atoms with Crippen LogP contribution in [0.25, 0.3) is 17.0 Å². The lowest BCUT2D eigenvalue weighted by atomic mass is 10.2. The number of para-hydroxylation sites is 2. The van der Waals surface area contributed by atoms with Gasteiger partial charge in [0.15, 0.2) is 0 Å². The summed E-state index contributed by atoms with van der Waals surface area (Å²) in [5.74, 6) is 0.0308. The van der Waals surface area contributed by atoms with E-state index in [9.17, 15) is 9.59 Å². The van der Waals surface area contributed by atoms with Crippen molar-refractivity contribution >= 4 is 50.5 Å². The molecular weight excluding hydrogens is 396 g/mol. The summed E-state index contributed by atoms with van der Waals surface area (Å²) < 4.78 is 6.41. The highest BCUT2D eigenvalue weighted by molar-refractivity contribution is 9.10. The molecule has 1 aromatic heterocycles. The normalized spacial score (nSPS) is 11.0. The summed E-state index contributed by atoms with van der Waals surface area (Å²) in [7, 11) is 1.57. The number of anilines is 1. The van der Waals surface area contributed by atoms with Gasteiger partial charge in [-0.05, 0) is 46.3 Å². The Morgan fingerprint density at radius 3 is 2.65 bits per heavy atom. The van der Waals surface area contributed by atoms with Crippen molar-refractivity contribution in [2.24, 2.45) is 0 Å². The van der Waals surface area contributed by atoms with Crippen molar-refractivity contribution in [2.45, 2.75) is 0 Å². The number of carbonyl (C=O) groups excluding carboxylic acids is 2. The van der Waals surface area contributed by atoms with E-state index in [1.807, 2.05) is 48.5 Å². The zero-order valence-electron chi connectivity index (χ0n) is 14.1. The van der Waals surface area contributed by atoms with Crippen molar-refractivity contribution in [1.29, 1.82) is 0 Å². The minimum atomic E-state index is -0.285. The third kappa shape index (κ3) is 4.40. The molecule has 0 saturated heterocycles. The third-order valence-corrected chi connectivity index (χ3v) is 4.43. The van der Waals surface area contributed by atoms with Gasteiger partial charge in [-0.3, -0.25) is 9.59 Å². The van der Waals surface area contributed by atoms with E-state index in [2.05, 4.69) is 21.2 Å². The van der Waals surface area contributed by atoms with E-state index in [0.29, 0.717) is 11.4 Å². The molecule has 5 nitrogen and oxygen atoms in total. The van der Waals surface area contributed by atoms with Gasteiger partial charge >= 0.3 is 0 Å². The maximum atomic E-state index is 12.2. The number of fused-ring (bicyclic) bond motifs is 1. The molecule has 3 rings (SSSR count). The summed E-state index contributed by atoms with van der Waals surface area (Å²) in [4.78, 5) is 25.6. The fourth-order valence-corrected chi connectivity index (χ4v) is 2.79. The van der Waals surface area contributed by atoms with Crippen LogP contribution < -0.4 is 5.32 Å². The van der Waals surface area contributed by atoms with Gasteiger partial charge in [-0.25, -0.2) is 0 Å². The Kier molecular flexibility index (Phi) is 5.53. The molecule has 0 aliphatic carbocycles. The first kappa shape index (κ1) is 17.9. The number of hydrogen-bond donors (Lipinski definition) is 1. The molecular formula is C20H17BrN2O3. The van der Waals surface area contributed by atoms with E-state index in [1.54, 1.807) is 19.2 Å². The monoisotopic (exact) mass is 412 g/mol. The van der Waals surface area contributed by atoms with E-state index in [-0.39, 0.29) is 18.4 Å². The molecule has 0 spiro atoms. The van der Waals surface area contributed by atoms with Gasteiger partial charge < -0.3 is 14.6 Å². The fourth-order valence-electron chi connectivity index (χ4n) is 2.41. The average Bonchev–Trinajstić information content (AvgIpc) is 3.04. The van der Waals surface area contributed by atoms with Crippen molar-refractivity contribution in [3.63, 3.8) is 0 Å². The molecule has 132 valence electrons. The van der Waals surface area contributed by atoms with Crippen molar-refractivity contribution in [2.75, 3.05) is 18.9 Å². The number of benzene rings is 2. The molecule has 0 unspecified atom stereocenters. The zero-order valence-corrected chi connectivity index (χ0v) is 15.7. The van der Waals surface area contributed by atoms with E-state index < -0.39 is 0 Å². The third-order valence-electron chi connectivity index (χ3n) is 3.74. The van der Waals surface area contributed by atoms with Gasteiger partial charge in [0.2, 0.25) is 11.8 Å². The molecule has 2 aromatic carbocycles. The van der Waals surface area contributed by atoms with Crippen molar-refractivity contribution in [3.05, 3.63) is 70.9 Å². The quantitative estimate of drug-likeness (QED) is 0.635. The van der Waals surface area contributed by atoms with E-state index in [0.717, 1.165) is 15.4 Å². The first-order valence-corrected chi connectivity index (χ1v) is 8.78. The highest BCUT2D eigenvalue weighted by Gasteiger charge is 2.12. The molecule has 1 heterocycles. The Labute approximate surface area is 159 Å². The lowest BCUT2D eigenvalue weighted by Crippen LogP contribution is -2.33. The van der Waals surface area contributed by atoms with Gasteiger partial charge in [0.05, 0.1) is 12.2 Å². The molecule has 0 bridgehead atoms. The Bertz CT molecular complexity index is 945. The van der Waals surface area contributed by atoms with Gasteiger partial charge in [-0.2, -0.15) is 0 Å². The molecule has 0 radical (unpaired) electrons. The van der Waals surface area contributed by atoms with E-state index >= 15 is 0 Å². The Morgan fingerprint density at radius 1 is 1.15 bits per heavy atom. The summed E-state index contributed by atoms with van der Waals surface area (Å²) in [6.07, 6.45) is 2.99. The topological polar surface area (TPSA) is 62.6 Å². The summed E-state index contributed by atoms with van der Waals surface area (Å²) >= 11 is 3.37. The number of nitrogens with zero attached hydrogens (tertiary/aromatic N) is 1. The van der Waals surface area contributed by atoms with Crippen molar-refractivity contribution < 1.29 is 14.0 Å². The van der Waals surface area contributed by atoms with Crippen LogP contribution in [0.3, 0.4) is 0 Å². The van der Waals surface area contributed by atoms with Crippen LogP contribution in [0.15, 0.2) is 69.6 Å². The number of furan rings is 1. The summed E-state index contributed by atoms with van der Waals surface area (Å²) in [5.41, 5.74) is 1.43. The second-order valence-corrected chi connectivity index (χ2v) is 6.60. The molecule has 0 saturated carbocycles. The molecule has 2 amide bonds. The predicted octanol–water partition coefficient (Wildman–Crippen LogP) is 4.31. The molecule has 1 N–H and O–H groups in total. The number of halogens is 1. The minimum Gasteiger partial charge on any atom is -0.457 e. The minimum absolute atomic E-state index is 0.0510. The maximum absolute atomic E-state index is 12.2. The number of rotatable bonds is 5. The van der Waals surface area contributed by atoms with Crippen LogP contribution in [-0.2, 0) is 9.59 Å². The Balaban J connectivity index is 1.58. The van der Waals surface area contributed by atoms with Crippen LogP contribution in [0.2, 0.25) is 0 Å². The molecule has 0 atom stereocenters. The maximum Gasteiger partial charge on any atom is 0.246 e. The van der Waals surface area contributed by atoms with Crippen LogP contribution in [0.1, 0.15) is 5.76 Å². The lowest BCUT2D eigenvalue weighted by Gasteiger charge is -2.15. The van der Waals surface area contributed by atoms with Gasteiger partial charge in [0, 0.05) is 23.0 Å². The van der Waals surface area contributed by atoms with E-state index in [4.69, 9.17) is 4.42 Å². The van der Waals surface area contributed by atoms with Gasteiger partial charge in [0.25, 0.3) is 0 Å². The summed E-state index contributed by atoms with van der Waals surface area (Å²) in [6, 6.07) is 16.8. The summed E-state index contributed by atoms with van der Waals surface area (Å²) in [5, 5.41) is 3.74. The van der Waals surface area contributed by atoms with Crippen LogP contribution in [0, 0.1) is 0 Å². The fraction of sp³-hybridized carbons (Fsp3) is 0.100. The molecule has 6 heteroatoms. The number of amides is 2. The smallest absolute Gasteiger partial charge is 0.246 e. The molecule has 3 aromatic rings. The van der Waals surface area contributed by atoms with Gasteiger partial charge in [-0.15, -0.1) is 0 Å². The number of nitrogens with one attached hydrogen (secondary N) is 1. The molecule has 0 fully saturated rings. The van der Waals surface area contributed by atoms with E-state index in [1.165, 1.54) is 11.0 Å². The SMILES string of the molecule is CN(CC(=O)Nc1ccccc1Br)C(=O)/C=C/c1cc2ccccc2o1. The lowest BCUT2D eigenvalue weighted by molar-refractivity contribution is -0.129. The average molecular weight is 413 g/mol. The molecule has 0 aliphatic heterocycles. The predicted molar refractivity (Wildman–Crippen MR) is 106 cm³/mol. The van der Waals surface area contributed by atoms with Crippen molar-refractivity contribution in [1.82, 2.24) is 4.90 Å².